The first-order chi connectivity index (χ1) is 16.7. The van der Waals surface area contributed by atoms with Gasteiger partial charge in [-0.15, -0.1) is 0 Å². The van der Waals surface area contributed by atoms with Gasteiger partial charge in [-0.05, 0) is 54.1 Å². The van der Waals surface area contributed by atoms with E-state index in [1.54, 1.807) is 35.2 Å². The summed E-state index contributed by atoms with van der Waals surface area (Å²) >= 11 is 15.5. The van der Waals surface area contributed by atoms with Crippen LogP contribution in [0.3, 0.4) is 0 Å². The highest BCUT2D eigenvalue weighted by atomic mass is 79.9. The van der Waals surface area contributed by atoms with Gasteiger partial charge < -0.3 is 9.80 Å². The van der Waals surface area contributed by atoms with Crippen molar-refractivity contribution < 1.29 is 13.2 Å². The van der Waals surface area contributed by atoms with Crippen molar-refractivity contribution in [1.29, 1.82) is 0 Å². The van der Waals surface area contributed by atoms with Gasteiger partial charge >= 0.3 is 0 Å². The fraction of sp³-hybridized carbons (Fsp3) is 0.240. The van der Waals surface area contributed by atoms with Gasteiger partial charge in [0.25, 0.3) is 0 Å². The lowest BCUT2D eigenvalue weighted by Gasteiger charge is -2.37. The minimum Gasteiger partial charge on any atom is -0.368 e. The minimum atomic E-state index is -3.95. The van der Waals surface area contributed by atoms with E-state index in [0.29, 0.717) is 41.8 Å². The molecule has 1 heterocycles. The van der Waals surface area contributed by atoms with Gasteiger partial charge in [0.2, 0.25) is 15.9 Å². The second kappa shape index (κ2) is 11.3. The van der Waals surface area contributed by atoms with Gasteiger partial charge in [-0.25, -0.2) is 8.42 Å². The number of carbonyl (C=O) groups excluding carboxylic acids is 1. The molecule has 0 aliphatic carbocycles. The minimum absolute atomic E-state index is 0.00892. The fourth-order valence-electron chi connectivity index (χ4n) is 3.93. The first-order valence-electron chi connectivity index (χ1n) is 11.0. The number of anilines is 1. The van der Waals surface area contributed by atoms with Crippen molar-refractivity contribution >= 4 is 60.7 Å². The van der Waals surface area contributed by atoms with Crippen LogP contribution in [-0.4, -0.2) is 56.3 Å². The molecular weight excluding hydrogens is 573 g/mol. The first-order valence-corrected chi connectivity index (χ1v) is 14.0. The van der Waals surface area contributed by atoms with Crippen LogP contribution < -0.4 is 4.90 Å². The van der Waals surface area contributed by atoms with Crippen molar-refractivity contribution in [3.05, 3.63) is 92.9 Å². The Balaban J connectivity index is 1.52. The lowest BCUT2D eigenvalue weighted by molar-refractivity contribution is -0.131. The van der Waals surface area contributed by atoms with Gasteiger partial charge in [-0.1, -0.05) is 63.4 Å². The average Bonchev–Trinajstić information content (AvgIpc) is 2.86. The molecule has 0 atom stereocenters. The number of halogens is 3. The summed E-state index contributed by atoms with van der Waals surface area (Å²) in [5, 5.41) is 0.707. The number of sulfonamides is 1. The Bertz CT molecular complexity index is 1280. The number of hydrogen-bond donors (Lipinski definition) is 0. The molecule has 1 fully saturated rings. The maximum Gasteiger partial charge on any atom is 0.243 e. The van der Waals surface area contributed by atoms with Crippen molar-refractivity contribution in [1.82, 2.24) is 9.21 Å². The van der Waals surface area contributed by atoms with Gasteiger partial charge in [-0.2, -0.15) is 4.31 Å². The first kappa shape index (κ1) is 26.0. The van der Waals surface area contributed by atoms with Crippen LogP contribution in [0, 0.1) is 0 Å². The van der Waals surface area contributed by atoms with Gasteiger partial charge in [0, 0.05) is 42.9 Å². The highest BCUT2D eigenvalue weighted by Crippen LogP contribution is 2.26. The molecule has 6 nitrogen and oxygen atoms in total. The summed E-state index contributed by atoms with van der Waals surface area (Å²) in [5.74, 6) is -0.238. The second-order valence-electron chi connectivity index (χ2n) is 8.18. The van der Waals surface area contributed by atoms with E-state index in [4.69, 9.17) is 23.2 Å². The van der Waals surface area contributed by atoms with Crippen LogP contribution in [0.5, 0.6) is 0 Å². The summed E-state index contributed by atoms with van der Waals surface area (Å²) in [6.07, 6.45) is 0. The summed E-state index contributed by atoms with van der Waals surface area (Å²) in [7, 11) is -3.95. The van der Waals surface area contributed by atoms with Crippen LogP contribution >= 0.6 is 39.1 Å². The molecule has 184 valence electrons. The molecule has 10 heteroatoms. The fourth-order valence-corrected chi connectivity index (χ4v) is 5.89. The Hall–Kier alpha value is -2.10. The van der Waals surface area contributed by atoms with E-state index < -0.39 is 10.0 Å². The molecule has 1 amide bonds. The SMILES string of the molecule is O=C(CN(Cc1ccc(Cl)c(Cl)c1)S(=O)(=O)c1ccc(Br)cc1)N1CCN(c2ccccc2)CC1. The average molecular weight is 597 g/mol. The topological polar surface area (TPSA) is 60.9 Å². The van der Waals surface area contributed by atoms with Crippen LogP contribution in [0.15, 0.2) is 82.2 Å². The van der Waals surface area contributed by atoms with Crippen LogP contribution in [0.2, 0.25) is 10.0 Å². The molecule has 0 radical (unpaired) electrons. The van der Waals surface area contributed by atoms with E-state index in [-0.39, 0.29) is 23.9 Å². The number of amides is 1. The molecule has 0 aromatic heterocycles. The molecule has 3 aromatic carbocycles. The lowest BCUT2D eigenvalue weighted by Crippen LogP contribution is -2.51. The Labute approximate surface area is 224 Å². The molecule has 35 heavy (non-hydrogen) atoms. The summed E-state index contributed by atoms with van der Waals surface area (Å²) < 4.78 is 29.0. The van der Waals surface area contributed by atoms with Crippen LogP contribution in [0.4, 0.5) is 5.69 Å². The summed E-state index contributed by atoms with van der Waals surface area (Å²) in [4.78, 5) is 17.3. The maximum absolute atomic E-state index is 13.5. The van der Waals surface area contributed by atoms with Crippen LogP contribution in [0.1, 0.15) is 5.56 Å². The van der Waals surface area contributed by atoms with E-state index in [1.165, 1.54) is 16.4 Å². The van der Waals surface area contributed by atoms with Gasteiger partial charge in [0.1, 0.15) is 0 Å². The Morgan fingerprint density at radius 3 is 2.17 bits per heavy atom. The zero-order chi connectivity index (χ0) is 25.0. The summed E-state index contributed by atoms with van der Waals surface area (Å²) in [6.45, 7) is 2.12. The van der Waals surface area contributed by atoms with Gasteiger partial charge in [0.05, 0.1) is 21.5 Å². The number of rotatable bonds is 7. The molecule has 0 bridgehead atoms. The largest absolute Gasteiger partial charge is 0.368 e. The molecular formula is C25H24BrCl2N3O3S. The van der Waals surface area contributed by atoms with Crippen LogP contribution in [0.25, 0.3) is 0 Å². The molecule has 4 rings (SSSR count). The third kappa shape index (κ3) is 6.37. The quantitative estimate of drug-likeness (QED) is 0.372. The zero-order valence-corrected chi connectivity index (χ0v) is 22.7. The number of para-hydroxylation sites is 1. The number of benzene rings is 3. The maximum atomic E-state index is 13.5. The summed E-state index contributed by atoms with van der Waals surface area (Å²) in [5.41, 5.74) is 1.75. The molecule has 0 N–H and O–H groups in total. The van der Waals surface area contributed by atoms with Crippen molar-refractivity contribution in [2.45, 2.75) is 11.4 Å². The van der Waals surface area contributed by atoms with E-state index >= 15 is 0 Å². The monoisotopic (exact) mass is 595 g/mol. The number of hydrogen-bond acceptors (Lipinski definition) is 4. The Morgan fingerprint density at radius 1 is 0.886 bits per heavy atom. The van der Waals surface area contributed by atoms with E-state index in [9.17, 15) is 13.2 Å². The standard InChI is InChI=1S/C25H24BrCl2N3O3S/c26-20-7-9-22(10-8-20)35(33,34)31(17-19-6-11-23(27)24(28)16-19)18-25(32)30-14-12-29(13-15-30)21-4-2-1-3-5-21/h1-11,16H,12-15,17-18H2. The van der Waals surface area contributed by atoms with Crippen molar-refractivity contribution in [2.75, 3.05) is 37.6 Å². The van der Waals surface area contributed by atoms with E-state index in [2.05, 4.69) is 20.8 Å². The molecule has 0 unspecified atom stereocenters. The molecule has 1 aliphatic heterocycles. The number of piperazine rings is 1. The highest BCUT2D eigenvalue weighted by molar-refractivity contribution is 9.10. The van der Waals surface area contributed by atoms with Crippen molar-refractivity contribution in [3.63, 3.8) is 0 Å². The van der Waals surface area contributed by atoms with E-state index in [1.807, 2.05) is 30.3 Å². The third-order valence-corrected chi connectivity index (χ3v) is 8.93. The predicted octanol–water partition coefficient (Wildman–Crippen LogP) is 5.30. The van der Waals surface area contributed by atoms with Gasteiger partial charge in [0.15, 0.2) is 0 Å². The predicted molar refractivity (Wildman–Crippen MR) is 143 cm³/mol. The summed E-state index contributed by atoms with van der Waals surface area (Å²) in [6, 6.07) is 21.3. The molecule has 0 saturated carbocycles. The number of nitrogens with zero attached hydrogens (tertiary/aromatic N) is 3. The highest BCUT2D eigenvalue weighted by Gasteiger charge is 2.30. The molecule has 1 saturated heterocycles. The smallest absolute Gasteiger partial charge is 0.243 e. The molecule has 0 spiro atoms. The van der Waals surface area contributed by atoms with E-state index in [0.717, 1.165) is 10.2 Å². The Kier molecular flexibility index (Phi) is 8.39. The normalized spacial score (nSPS) is 14.4. The molecule has 1 aliphatic rings. The molecule has 3 aromatic rings. The zero-order valence-electron chi connectivity index (χ0n) is 18.8. The van der Waals surface area contributed by atoms with Crippen LogP contribution in [-0.2, 0) is 21.4 Å². The Morgan fingerprint density at radius 2 is 1.54 bits per heavy atom. The third-order valence-electron chi connectivity index (χ3n) is 5.86. The lowest BCUT2D eigenvalue weighted by atomic mass is 10.2. The van der Waals surface area contributed by atoms with Crippen molar-refractivity contribution in [2.24, 2.45) is 0 Å². The second-order valence-corrected chi connectivity index (χ2v) is 11.8. The van der Waals surface area contributed by atoms with Gasteiger partial charge in [-0.3, -0.25) is 4.79 Å². The van der Waals surface area contributed by atoms with Crippen molar-refractivity contribution in [3.8, 4) is 0 Å². The number of carbonyl (C=O) groups is 1.